The summed E-state index contributed by atoms with van der Waals surface area (Å²) in [7, 11) is 3.84. The van der Waals surface area contributed by atoms with Gasteiger partial charge in [0.1, 0.15) is 17.1 Å². The molecule has 1 aromatic carbocycles. The van der Waals surface area contributed by atoms with E-state index in [0.717, 1.165) is 55.0 Å². The molecular weight excluding hydrogens is 292 g/mol. The molecule has 1 aliphatic heterocycles. The number of hydrogen-bond donors (Lipinski definition) is 1. The molecule has 0 saturated carbocycles. The molecule has 0 unspecified atom stereocenters. The maximum absolute atomic E-state index is 9.41. The molecule has 1 N–H and O–H groups in total. The number of likely N-dealkylation sites (tertiary alicyclic amines) is 1. The molecule has 3 rings (SSSR count). The van der Waals surface area contributed by atoms with E-state index in [-0.39, 0.29) is 6.61 Å². The summed E-state index contributed by atoms with van der Waals surface area (Å²) < 4.78 is 11.2. The van der Waals surface area contributed by atoms with Crippen LogP contribution in [0.4, 0.5) is 0 Å². The van der Waals surface area contributed by atoms with Gasteiger partial charge in [-0.2, -0.15) is 0 Å². The van der Waals surface area contributed by atoms with Crippen LogP contribution in [0.25, 0.3) is 11.0 Å². The smallest absolute Gasteiger partial charge is 0.134 e. The molecule has 0 spiro atoms. The van der Waals surface area contributed by atoms with Crippen LogP contribution in [-0.2, 0) is 6.54 Å². The van der Waals surface area contributed by atoms with Gasteiger partial charge in [0.15, 0.2) is 0 Å². The highest BCUT2D eigenvalue weighted by atomic mass is 16.5. The Kier molecular flexibility index (Phi) is 5.20. The molecule has 0 bridgehead atoms. The minimum absolute atomic E-state index is 0.181. The zero-order valence-electron chi connectivity index (χ0n) is 14.0. The third-order valence-corrected chi connectivity index (χ3v) is 4.73. The van der Waals surface area contributed by atoms with Crippen LogP contribution in [0.5, 0.6) is 5.75 Å². The van der Waals surface area contributed by atoms with Gasteiger partial charge in [-0.15, -0.1) is 0 Å². The third-order valence-electron chi connectivity index (χ3n) is 4.73. The summed E-state index contributed by atoms with van der Waals surface area (Å²) in [6.07, 6.45) is 2.29. The van der Waals surface area contributed by atoms with Crippen LogP contribution in [0.3, 0.4) is 0 Å². The van der Waals surface area contributed by atoms with E-state index in [1.807, 2.05) is 18.2 Å². The number of aliphatic hydroxyl groups excluding tert-OH is 1. The average Bonchev–Trinajstić information content (AvgIpc) is 2.96. The molecule has 2 heterocycles. The predicted molar refractivity (Wildman–Crippen MR) is 90.8 cm³/mol. The average molecular weight is 318 g/mol. The molecule has 0 amide bonds. The zero-order valence-corrected chi connectivity index (χ0v) is 14.0. The van der Waals surface area contributed by atoms with Gasteiger partial charge in [0.2, 0.25) is 0 Å². The molecule has 0 radical (unpaired) electrons. The lowest BCUT2D eigenvalue weighted by Crippen LogP contribution is -2.44. The van der Waals surface area contributed by atoms with Gasteiger partial charge in [0.25, 0.3) is 0 Å². The zero-order chi connectivity index (χ0) is 16.2. The van der Waals surface area contributed by atoms with E-state index in [1.165, 1.54) is 0 Å². The van der Waals surface area contributed by atoms with E-state index in [0.29, 0.717) is 12.6 Å². The Morgan fingerprint density at radius 1 is 1.30 bits per heavy atom. The monoisotopic (exact) mass is 318 g/mol. The second-order valence-corrected chi connectivity index (χ2v) is 6.35. The number of aliphatic hydroxyl groups is 1. The van der Waals surface area contributed by atoms with E-state index in [4.69, 9.17) is 9.15 Å². The summed E-state index contributed by atoms with van der Waals surface area (Å²) in [6.45, 7) is 3.84. The SMILES string of the molecule is COc1ccc2oc(CN(CCO)C3CCN(C)CC3)cc2c1. The molecule has 0 atom stereocenters. The number of benzene rings is 1. The van der Waals surface area contributed by atoms with Crippen molar-refractivity contribution in [2.45, 2.75) is 25.4 Å². The molecule has 126 valence electrons. The van der Waals surface area contributed by atoms with Crippen LogP contribution in [0.15, 0.2) is 28.7 Å². The highest BCUT2D eigenvalue weighted by Crippen LogP contribution is 2.26. The lowest BCUT2D eigenvalue weighted by molar-refractivity contribution is 0.0888. The topological polar surface area (TPSA) is 49.1 Å². The van der Waals surface area contributed by atoms with Gasteiger partial charge < -0.3 is 19.2 Å². The number of nitrogens with zero attached hydrogens (tertiary/aromatic N) is 2. The van der Waals surface area contributed by atoms with Crippen LogP contribution in [0.2, 0.25) is 0 Å². The third kappa shape index (κ3) is 3.86. The summed E-state index contributed by atoms with van der Waals surface area (Å²) in [5, 5.41) is 10.5. The number of piperidine rings is 1. The molecule has 0 aliphatic carbocycles. The van der Waals surface area contributed by atoms with Crippen LogP contribution >= 0.6 is 0 Å². The fourth-order valence-corrected chi connectivity index (χ4v) is 3.36. The molecule has 1 aliphatic rings. The second-order valence-electron chi connectivity index (χ2n) is 6.35. The summed E-state index contributed by atoms with van der Waals surface area (Å²) in [4.78, 5) is 4.71. The lowest BCUT2D eigenvalue weighted by atomic mass is 10.0. The fraction of sp³-hybridized carbons (Fsp3) is 0.556. The highest BCUT2D eigenvalue weighted by Gasteiger charge is 2.23. The van der Waals surface area contributed by atoms with Crippen molar-refractivity contribution in [1.29, 1.82) is 0 Å². The minimum atomic E-state index is 0.181. The number of ether oxygens (including phenoxy) is 1. The predicted octanol–water partition coefficient (Wildman–Crippen LogP) is 2.33. The van der Waals surface area contributed by atoms with Crippen molar-refractivity contribution in [3.05, 3.63) is 30.0 Å². The Labute approximate surface area is 137 Å². The summed E-state index contributed by atoms with van der Waals surface area (Å²) >= 11 is 0. The second kappa shape index (κ2) is 7.34. The number of fused-ring (bicyclic) bond motifs is 1. The molecule has 2 aromatic rings. The van der Waals surface area contributed by atoms with Crippen LogP contribution in [0, 0.1) is 0 Å². The van der Waals surface area contributed by atoms with Crippen LogP contribution in [0.1, 0.15) is 18.6 Å². The van der Waals surface area contributed by atoms with Gasteiger partial charge in [-0.25, -0.2) is 0 Å². The van der Waals surface area contributed by atoms with Crippen molar-refractivity contribution in [3.8, 4) is 5.75 Å². The first kappa shape index (κ1) is 16.3. The van der Waals surface area contributed by atoms with Crippen molar-refractivity contribution >= 4 is 11.0 Å². The van der Waals surface area contributed by atoms with Gasteiger partial charge in [-0.1, -0.05) is 0 Å². The molecule has 5 nitrogen and oxygen atoms in total. The first-order valence-electron chi connectivity index (χ1n) is 8.29. The summed E-state index contributed by atoms with van der Waals surface area (Å²) in [5.74, 6) is 1.79. The standard InChI is InChI=1S/C18H26N2O3/c1-19-7-5-15(6-8-19)20(9-10-21)13-17-12-14-11-16(22-2)3-4-18(14)23-17/h3-4,11-12,15,21H,5-10,13H2,1-2H3. The van der Waals surface area contributed by atoms with E-state index in [9.17, 15) is 5.11 Å². The largest absolute Gasteiger partial charge is 0.497 e. The molecule has 1 saturated heterocycles. The van der Waals surface area contributed by atoms with Gasteiger partial charge in [0, 0.05) is 18.0 Å². The van der Waals surface area contributed by atoms with E-state index in [2.05, 4.69) is 22.9 Å². The summed E-state index contributed by atoms with van der Waals surface area (Å²) in [5.41, 5.74) is 0.883. The molecule has 5 heteroatoms. The van der Waals surface area contributed by atoms with Crippen molar-refractivity contribution in [2.75, 3.05) is 40.4 Å². The first-order valence-corrected chi connectivity index (χ1v) is 8.29. The molecular formula is C18H26N2O3. The number of methoxy groups -OCH3 is 1. The molecule has 1 aromatic heterocycles. The quantitative estimate of drug-likeness (QED) is 0.886. The number of hydrogen-bond acceptors (Lipinski definition) is 5. The Morgan fingerprint density at radius 3 is 2.78 bits per heavy atom. The summed E-state index contributed by atoms with van der Waals surface area (Å²) in [6, 6.07) is 8.45. The lowest BCUT2D eigenvalue weighted by Gasteiger charge is -2.36. The van der Waals surface area contributed by atoms with E-state index >= 15 is 0 Å². The Hall–Kier alpha value is -1.56. The minimum Gasteiger partial charge on any atom is -0.497 e. The molecule has 1 fully saturated rings. The highest BCUT2D eigenvalue weighted by molar-refractivity contribution is 5.79. The maximum Gasteiger partial charge on any atom is 0.134 e. The number of furan rings is 1. The van der Waals surface area contributed by atoms with Crippen molar-refractivity contribution in [3.63, 3.8) is 0 Å². The molecule has 23 heavy (non-hydrogen) atoms. The van der Waals surface area contributed by atoms with Gasteiger partial charge >= 0.3 is 0 Å². The van der Waals surface area contributed by atoms with Crippen LogP contribution in [-0.4, -0.2) is 61.3 Å². The van der Waals surface area contributed by atoms with Crippen molar-refractivity contribution in [2.24, 2.45) is 0 Å². The normalized spacial score (nSPS) is 17.2. The van der Waals surface area contributed by atoms with E-state index in [1.54, 1.807) is 7.11 Å². The van der Waals surface area contributed by atoms with Crippen molar-refractivity contribution in [1.82, 2.24) is 9.80 Å². The van der Waals surface area contributed by atoms with E-state index < -0.39 is 0 Å². The van der Waals surface area contributed by atoms with Crippen LogP contribution < -0.4 is 4.74 Å². The Balaban J connectivity index is 1.74. The van der Waals surface area contributed by atoms with Gasteiger partial charge in [-0.05, 0) is 57.2 Å². The van der Waals surface area contributed by atoms with Gasteiger partial charge in [-0.3, -0.25) is 4.90 Å². The van der Waals surface area contributed by atoms with Gasteiger partial charge in [0.05, 0.1) is 20.3 Å². The Morgan fingerprint density at radius 2 is 2.09 bits per heavy atom. The fourth-order valence-electron chi connectivity index (χ4n) is 3.36. The first-order chi connectivity index (χ1) is 11.2. The van der Waals surface area contributed by atoms with Crippen molar-refractivity contribution < 1.29 is 14.3 Å². The number of rotatable bonds is 6. The maximum atomic E-state index is 9.41. The Bertz CT molecular complexity index is 632.